The van der Waals surface area contributed by atoms with Gasteiger partial charge in [0.05, 0.1) is 10.5 Å². The molecule has 5 nitrogen and oxygen atoms in total. The highest BCUT2D eigenvalue weighted by atomic mass is 35.5. The van der Waals surface area contributed by atoms with Crippen molar-refractivity contribution in [1.29, 1.82) is 5.26 Å². The SMILES string of the molecule is Cl.N#Cc1cc(S(=O)(=O)N2CC[C@H](N)C2)ccc1F. The zero-order valence-electron chi connectivity index (χ0n) is 9.91. The minimum Gasteiger partial charge on any atom is -0.326 e. The lowest BCUT2D eigenvalue weighted by atomic mass is 10.2. The van der Waals surface area contributed by atoms with Gasteiger partial charge < -0.3 is 5.73 Å². The zero-order chi connectivity index (χ0) is 13.3. The van der Waals surface area contributed by atoms with Crippen LogP contribution in [0.25, 0.3) is 0 Å². The summed E-state index contributed by atoms with van der Waals surface area (Å²) in [4.78, 5) is -0.0745. The summed E-state index contributed by atoms with van der Waals surface area (Å²) in [5, 5.41) is 8.70. The van der Waals surface area contributed by atoms with E-state index in [-0.39, 0.29) is 35.5 Å². The molecule has 0 amide bonds. The van der Waals surface area contributed by atoms with E-state index in [1.807, 2.05) is 0 Å². The van der Waals surface area contributed by atoms with E-state index in [0.29, 0.717) is 13.0 Å². The predicted octanol–water partition coefficient (Wildman–Crippen LogP) is 0.841. The minimum absolute atomic E-state index is 0. The first-order chi connectivity index (χ1) is 8.45. The van der Waals surface area contributed by atoms with Gasteiger partial charge in [0.15, 0.2) is 0 Å². The molecule has 1 aromatic rings. The fourth-order valence-corrected chi connectivity index (χ4v) is 3.41. The summed E-state index contributed by atoms with van der Waals surface area (Å²) < 4.78 is 38.8. The molecule has 1 aliphatic rings. The van der Waals surface area contributed by atoms with Gasteiger partial charge in [0, 0.05) is 19.1 Å². The average molecular weight is 306 g/mol. The molecule has 1 atom stereocenters. The first kappa shape index (κ1) is 15.9. The van der Waals surface area contributed by atoms with Crippen molar-refractivity contribution in [2.24, 2.45) is 5.73 Å². The highest BCUT2D eigenvalue weighted by Crippen LogP contribution is 2.22. The molecule has 0 unspecified atom stereocenters. The summed E-state index contributed by atoms with van der Waals surface area (Å²) in [5.41, 5.74) is 5.38. The van der Waals surface area contributed by atoms with Gasteiger partial charge in [-0.2, -0.15) is 9.57 Å². The lowest BCUT2D eigenvalue weighted by Gasteiger charge is -2.16. The number of nitrogens with zero attached hydrogens (tertiary/aromatic N) is 2. The maximum absolute atomic E-state index is 13.1. The van der Waals surface area contributed by atoms with Gasteiger partial charge in [0.2, 0.25) is 10.0 Å². The molecule has 2 rings (SSSR count). The van der Waals surface area contributed by atoms with Gasteiger partial charge in [-0.15, -0.1) is 12.4 Å². The van der Waals surface area contributed by atoms with E-state index < -0.39 is 15.8 Å². The number of benzene rings is 1. The van der Waals surface area contributed by atoms with Crippen molar-refractivity contribution in [2.75, 3.05) is 13.1 Å². The highest BCUT2D eigenvalue weighted by Gasteiger charge is 2.31. The van der Waals surface area contributed by atoms with Crippen LogP contribution in [0.1, 0.15) is 12.0 Å². The molecule has 19 heavy (non-hydrogen) atoms. The summed E-state index contributed by atoms with van der Waals surface area (Å²) in [5.74, 6) is -0.727. The number of nitriles is 1. The molecule has 0 aromatic heterocycles. The van der Waals surface area contributed by atoms with Crippen LogP contribution in [-0.2, 0) is 10.0 Å². The van der Waals surface area contributed by atoms with Crippen molar-refractivity contribution in [1.82, 2.24) is 4.31 Å². The van der Waals surface area contributed by atoms with Crippen molar-refractivity contribution < 1.29 is 12.8 Å². The van der Waals surface area contributed by atoms with Crippen LogP contribution in [-0.4, -0.2) is 31.9 Å². The van der Waals surface area contributed by atoms with Crippen molar-refractivity contribution >= 4 is 22.4 Å². The molecular weight excluding hydrogens is 293 g/mol. The molecular formula is C11H13ClFN3O2S. The van der Waals surface area contributed by atoms with Crippen molar-refractivity contribution in [3.05, 3.63) is 29.6 Å². The van der Waals surface area contributed by atoms with Gasteiger partial charge in [-0.3, -0.25) is 0 Å². The topological polar surface area (TPSA) is 87.2 Å². The summed E-state index contributed by atoms with van der Waals surface area (Å²) in [6.07, 6.45) is 0.603. The zero-order valence-corrected chi connectivity index (χ0v) is 11.5. The third-order valence-electron chi connectivity index (χ3n) is 2.88. The van der Waals surface area contributed by atoms with E-state index >= 15 is 0 Å². The fourth-order valence-electron chi connectivity index (χ4n) is 1.87. The number of hydrogen-bond donors (Lipinski definition) is 1. The van der Waals surface area contributed by atoms with E-state index in [1.54, 1.807) is 6.07 Å². The molecule has 1 aromatic carbocycles. The molecule has 104 valence electrons. The second-order valence-electron chi connectivity index (χ2n) is 4.17. The third kappa shape index (κ3) is 3.04. The van der Waals surface area contributed by atoms with E-state index in [1.165, 1.54) is 4.31 Å². The Morgan fingerprint density at radius 1 is 1.47 bits per heavy atom. The Hall–Kier alpha value is -1.20. The third-order valence-corrected chi connectivity index (χ3v) is 4.74. The van der Waals surface area contributed by atoms with E-state index in [4.69, 9.17) is 11.0 Å². The van der Waals surface area contributed by atoms with Gasteiger partial charge in [-0.25, -0.2) is 12.8 Å². The van der Waals surface area contributed by atoms with Gasteiger partial charge >= 0.3 is 0 Å². The Labute approximate surface area is 117 Å². The lowest BCUT2D eigenvalue weighted by Crippen LogP contribution is -2.32. The Morgan fingerprint density at radius 3 is 2.68 bits per heavy atom. The average Bonchev–Trinajstić information content (AvgIpc) is 2.77. The number of hydrogen-bond acceptors (Lipinski definition) is 4. The molecule has 0 aliphatic carbocycles. The number of rotatable bonds is 2. The van der Waals surface area contributed by atoms with Gasteiger partial charge in [-0.05, 0) is 24.6 Å². The van der Waals surface area contributed by atoms with Crippen LogP contribution in [0.2, 0.25) is 0 Å². The Balaban J connectivity index is 0.00000180. The maximum atomic E-state index is 13.1. The van der Waals surface area contributed by atoms with Gasteiger partial charge in [0.1, 0.15) is 11.9 Å². The highest BCUT2D eigenvalue weighted by molar-refractivity contribution is 7.89. The Morgan fingerprint density at radius 2 is 2.16 bits per heavy atom. The lowest BCUT2D eigenvalue weighted by molar-refractivity contribution is 0.472. The van der Waals surface area contributed by atoms with Crippen LogP contribution in [0.5, 0.6) is 0 Å². The first-order valence-electron chi connectivity index (χ1n) is 5.40. The van der Waals surface area contributed by atoms with Crippen molar-refractivity contribution in [2.45, 2.75) is 17.4 Å². The molecule has 0 saturated carbocycles. The normalized spacial score (nSPS) is 19.7. The molecule has 2 N–H and O–H groups in total. The summed E-state index contributed by atoms with van der Waals surface area (Å²) in [7, 11) is -3.69. The molecule has 1 saturated heterocycles. The summed E-state index contributed by atoms with van der Waals surface area (Å²) in [6, 6.07) is 4.65. The number of sulfonamides is 1. The summed E-state index contributed by atoms with van der Waals surface area (Å²) >= 11 is 0. The van der Waals surface area contributed by atoms with Gasteiger partial charge in [0.25, 0.3) is 0 Å². The second-order valence-corrected chi connectivity index (χ2v) is 6.10. The van der Waals surface area contributed by atoms with Crippen LogP contribution in [0.4, 0.5) is 4.39 Å². The monoisotopic (exact) mass is 305 g/mol. The molecule has 0 radical (unpaired) electrons. The standard InChI is InChI=1S/C11H12FN3O2S.ClH/c12-11-2-1-10(5-8(11)6-13)18(16,17)15-4-3-9(14)7-15;/h1-2,5,9H,3-4,7,14H2;1H/t9-;/m0./s1. The number of nitrogens with two attached hydrogens (primary N) is 1. The smallest absolute Gasteiger partial charge is 0.243 e. The van der Waals surface area contributed by atoms with Crippen molar-refractivity contribution in [3.63, 3.8) is 0 Å². The van der Waals surface area contributed by atoms with Crippen LogP contribution in [0.3, 0.4) is 0 Å². The quantitative estimate of drug-likeness (QED) is 0.877. The Bertz CT molecular complexity index is 615. The second kappa shape index (κ2) is 5.84. The molecule has 0 bridgehead atoms. The van der Waals surface area contributed by atoms with Crippen LogP contribution >= 0.6 is 12.4 Å². The first-order valence-corrected chi connectivity index (χ1v) is 6.84. The molecule has 1 heterocycles. The van der Waals surface area contributed by atoms with E-state index in [9.17, 15) is 12.8 Å². The van der Waals surface area contributed by atoms with Crippen LogP contribution in [0.15, 0.2) is 23.1 Å². The molecule has 0 spiro atoms. The number of halogens is 2. The molecule has 8 heteroatoms. The van der Waals surface area contributed by atoms with E-state index in [2.05, 4.69) is 0 Å². The molecule has 1 aliphatic heterocycles. The predicted molar refractivity (Wildman–Crippen MR) is 69.7 cm³/mol. The largest absolute Gasteiger partial charge is 0.326 e. The van der Waals surface area contributed by atoms with Crippen LogP contribution in [0, 0.1) is 17.1 Å². The maximum Gasteiger partial charge on any atom is 0.243 e. The summed E-state index contributed by atoms with van der Waals surface area (Å²) in [6.45, 7) is 0.602. The Kier molecular flexibility index (Phi) is 4.87. The van der Waals surface area contributed by atoms with Crippen LogP contribution < -0.4 is 5.73 Å². The molecule has 1 fully saturated rings. The van der Waals surface area contributed by atoms with E-state index in [0.717, 1.165) is 18.2 Å². The fraction of sp³-hybridized carbons (Fsp3) is 0.364. The van der Waals surface area contributed by atoms with Gasteiger partial charge in [-0.1, -0.05) is 0 Å². The van der Waals surface area contributed by atoms with Crippen molar-refractivity contribution in [3.8, 4) is 6.07 Å². The minimum atomic E-state index is -3.69.